The van der Waals surface area contributed by atoms with Crippen LogP contribution < -0.4 is 10.1 Å². The van der Waals surface area contributed by atoms with Crippen LogP contribution in [0.2, 0.25) is 0 Å². The van der Waals surface area contributed by atoms with Crippen molar-refractivity contribution in [1.29, 1.82) is 0 Å². The number of hydrogen-bond donors (Lipinski definition) is 1. The van der Waals surface area contributed by atoms with Crippen LogP contribution in [0.15, 0.2) is 34.1 Å². The highest BCUT2D eigenvalue weighted by Gasteiger charge is 2.21. The Kier molecular flexibility index (Phi) is 8.12. The first-order valence-electron chi connectivity index (χ1n) is 7.00. The molecule has 6 heteroatoms. The normalized spacial score (nSPS) is 10.0. The van der Waals surface area contributed by atoms with Gasteiger partial charge in [-0.3, -0.25) is 9.59 Å². The summed E-state index contributed by atoms with van der Waals surface area (Å²) in [5.74, 6) is 1.55. The average molecular weight is 339 g/mol. The van der Waals surface area contributed by atoms with E-state index in [1.807, 2.05) is 19.9 Å². The third-order valence-corrected chi connectivity index (χ3v) is 4.91. The van der Waals surface area contributed by atoms with E-state index in [0.29, 0.717) is 11.4 Å². The molecule has 1 aromatic rings. The maximum atomic E-state index is 12.5. The maximum Gasteiger partial charge on any atom is 0.261 e. The average Bonchev–Trinajstić information content (AvgIpc) is 2.48. The van der Waals surface area contributed by atoms with Gasteiger partial charge in [0.05, 0.1) is 17.0 Å². The monoisotopic (exact) mass is 339 g/mol. The summed E-state index contributed by atoms with van der Waals surface area (Å²) in [6, 6.07) is 7.13. The zero-order chi connectivity index (χ0) is 16.5. The summed E-state index contributed by atoms with van der Waals surface area (Å²) < 4.78 is 5.98. The zero-order valence-corrected chi connectivity index (χ0v) is 14.9. The largest absolute Gasteiger partial charge is 0.495 e. The van der Waals surface area contributed by atoms with Crippen LogP contribution >= 0.6 is 23.5 Å². The summed E-state index contributed by atoms with van der Waals surface area (Å²) >= 11 is 3.03. The minimum atomic E-state index is -0.395. The molecular weight excluding hydrogens is 318 g/mol. The summed E-state index contributed by atoms with van der Waals surface area (Å²) in [6.07, 6.45) is 0. The molecule has 1 N–H and O–H groups in total. The van der Waals surface area contributed by atoms with Crippen molar-refractivity contribution in [1.82, 2.24) is 0 Å². The van der Waals surface area contributed by atoms with Crippen molar-refractivity contribution in [2.45, 2.75) is 20.8 Å². The Morgan fingerprint density at radius 3 is 2.23 bits per heavy atom. The van der Waals surface area contributed by atoms with E-state index in [2.05, 4.69) is 5.32 Å². The molecule has 0 heterocycles. The smallest absolute Gasteiger partial charge is 0.261 e. The van der Waals surface area contributed by atoms with E-state index in [4.69, 9.17) is 4.74 Å². The van der Waals surface area contributed by atoms with Gasteiger partial charge in [0.2, 0.25) is 0 Å². The van der Waals surface area contributed by atoms with Gasteiger partial charge in [-0.1, -0.05) is 26.0 Å². The fourth-order valence-electron chi connectivity index (χ4n) is 1.78. The Morgan fingerprint density at radius 2 is 1.73 bits per heavy atom. The Morgan fingerprint density at radius 1 is 1.14 bits per heavy atom. The van der Waals surface area contributed by atoms with Gasteiger partial charge in [-0.05, 0) is 30.6 Å². The Labute approximate surface area is 140 Å². The molecule has 0 saturated heterocycles. The van der Waals surface area contributed by atoms with Crippen LogP contribution in [0.3, 0.4) is 0 Å². The highest BCUT2D eigenvalue weighted by molar-refractivity contribution is 8.22. The molecule has 0 spiro atoms. The van der Waals surface area contributed by atoms with Gasteiger partial charge in [0, 0.05) is 0 Å². The van der Waals surface area contributed by atoms with Crippen LogP contribution in [0.1, 0.15) is 20.8 Å². The van der Waals surface area contributed by atoms with Gasteiger partial charge in [0.15, 0.2) is 5.78 Å². The van der Waals surface area contributed by atoms with Gasteiger partial charge in [-0.15, -0.1) is 23.5 Å². The molecule has 0 saturated carbocycles. The third kappa shape index (κ3) is 5.10. The number of benzene rings is 1. The van der Waals surface area contributed by atoms with Crippen LogP contribution in [-0.4, -0.2) is 30.3 Å². The molecule has 0 fully saturated rings. The molecule has 1 aromatic carbocycles. The number of hydrogen-bond acceptors (Lipinski definition) is 5. The van der Waals surface area contributed by atoms with Gasteiger partial charge in [-0.2, -0.15) is 0 Å². The van der Waals surface area contributed by atoms with E-state index in [9.17, 15) is 9.59 Å². The number of para-hydroxylation sites is 2. The molecule has 0 aliphatic heterocycles. The SMILES string of the molecule is CCSC(SCC)=C(C(C)=O)C(=O)Nc1ccccc1OC. The van der Waals surface area contributed by atoms with Crippen molar-refractivity contribution in [2.75, 3.05) is 23.9 Å². The van der Waals surface area contributed by atoms with E-state index >= 15 is 0 Å². The summed E-state index contributed by atoms with van der Waals surface area (Å²) in [7, 11) is 1.54. The highest BCUT2D eigenvalue weighted by atomic mass is 32.2. The molecule has 0 radical (unpaired) electrons. The number of Topliss-reactive ketones (excluding diaryl/α,β-unsaturated/α-hetero) is 1. The molecule has 0 aliphatic carbocycles. The molecule has 0 unspecified atom stereocenters. The summed E-state index contributed by atoms with van der Waals surface area (Å²) in [6.45, 7) is 5.41. The second-order valence-electron chi connectivity index (χ2n) is 4.24. The Hall–Kier alpha value is -1.40. The van der Waals surface area contributed by atoms with Crippen LogP contribution in [0, 0.1) is 0 Å². The molecule has 120 valence electrons. The number of carbonyl (C=O) groups excluding carboxylic acids is 2. The second kappa shape index (κ2) is 9.58. The molecule has 0 atom stereocenters. The number of amides is 1. The van der Waals surface area contributed by atoms with Gasteiger partial charge in [0.1, 0.15) is 11.3 Å². The zero-order valence-electron chi connectivity index (χ0n) is 13.3. The van der Waals surface area contributed by atoms with Crippen molar-refractivity contribution in [2.24, 2.45) is 0 Å². The first-order valence-corrected chi connectivity index (χ1v) is 8.97. The molecule has 0 aliphatic rings. The number of ether oxygens (including phenoxy) is 1. The quantitative estimate of drug-likeness (QED) is 0.442. The highest BCUT2D eigenvalue weighted by Crippen LogP contribution is 2.33. The van der Waals surface area contributed by atoms with Gasteiger partial charge in [0.25, 0.3) is 5.91 Å². The number of ketones is 1. The number of rotatable bonds is 8. The summed E-state index contributed by atoms with van der Waals surface area (Å²) in [5, 5.41) is 2.77. The molecular formula is C16H21NO3S2. The summed E-state index contributed by atoms with van der Waals surface area (Å²) in [4.78, 5) is 24.5. The van der Waals surface area contributed by atoms with Crippen LogP contribution in [0.4, 0.5) is 5.69 Å². The molecule has 4 nitrogen and oxygen atoms in total. The van der Waals surface area contributed by atoms with Crippen LogP contribution in [0.5, 0.6) is 5.75 Å². The topological polar surface area (TPSA) is 55.4 Å². The summed E-state index contributed by atoms with van der Waals surface area (Å²) in [5.41, 5.74) is 0.765. The van der Waals surface area contributed by atoms with Crippen molar-refractivity contribution in [3.8, 4) is 5.75 Å². The van der Waals surface area contributed by atoms with E-state index in [0.717, 1.165) is 15.7 Å². The number of nitrogens with one attached hydrogen (secondary N) is 1. The van der Waals surface area contributed by atoms with Crippen molar-refractivity contribution in [3.05, 3.63) is 34.1 Å². The number of anilines is 1. The van der Waals surface area contributed by atoms with Gasteiger partial charge < -0.3 is 10.1 Å². The van der Waals surface area contributed by atoms with Crippen molar-refractivity contribution in [3.63, 3.8) is 0 Å². The first kappa shape index (κ1) is 18.6. The molecule has 1 amide bonds. The lowest BCUT2D eigenvalue weighted by Crippen LogP contribution is -2.20. The standard InChI is InChI=1S/C16H21NO3S2/c1-5-21-16(22-6-2)14(11(3)18)15(19)17-12-9-7-8-10-13(12)20-4/h7-10H,5-6H2,1-4H3,(H,17,19). The fraction of sp³-hybridized carbons (Fsp3) is 0.375. The number of methoxy groups -OCH3 is 1. The van der Waals surface area contributed by atoms with E-state index in [1.165, 1.54) is 37.6 Å². The minimum Gasteiger partial charge on any atom is -0.495 e. The third-order valence-electron chi connectivity index (χ3n) is 2.69. The van der Waals surface area contributed by atoms with Crippen molar-refractivity contribution < 1.29 is 14.3 Å². The molecule has 1 rings (SSSR count). The predicted octanol–water partition coefficient (Wildman–Crippen LogP) is 3.94. The lowest BCUT2D eigenvalue weighted by Gasteiger charge is -2.13. The molecule has 0 aromatic heterocycles. The lowest BCUT2D eigenvalue weighted by molar-refractivity contribution is -0.118. The maximum absolute atomic E-state index is 12.5. The predicted molar refractivity (Wildman–Crippen MR) is 95.6 cm³/mol. The first-order chi connectivity index (χ1) is 10.5. The number of thioether (sulfide) groups is 2. The van der Waals surface area contributed by atoms with E-state index in [-0.39, 0.29) is 11.4 Å². The Bertz CT molecular complexity index is 562. The number of carbonyl (C=O) groups is 2. The molecule has 22 heavy (non-hydrogen) atoms. The lowest BCUT2D eigenvalue weighted by atomic mass is 10.2. The van der Waals surface area contributed by atoms with Gasteiger partial charge in [-0.25, -0.2) is 0 Å². The molecule has 0 bridgehead atoms. The Balaban J connectivity index is 3.13. The van der Waals surface area contributed by atoms with E-state index < -0.39 is 5.91 Å². The van der Waals surface area contributed by atoms with E-state index in [1.54, 1.807) is 18.2 Å². The second-order valence-corrected chi connectivity index (χ2v) is 7.05. The van der Waals surface area contributed by atoms with Crippen LogP contribution in [0.25, 0.3) is 0 Å². The van der Waals surface area contributed by atoms with Gasteiger partial charge >= 0.3 is 0 Å². The fourth-order valence-corrected chi connectivity index (χ4v) is 4.10. The minimum absolute atomic E-state index is 0.213. The van der Waals surface area contributed by atoms with Crippen LogP contribution in [-0.2, 0) is 9.59 Å². The van der Waals surface area contributed by atoms with Crippen molar-refractivity contribution >= 4 is 40.9 Å².